The minimum atomic E-state index is -1.19. The zero-order chi connectivity index (χ0) is 31.4. The lowest BCUT2D eigenvalue weighted by Gasteiger charge is -2.65. The number of hydrogen-bond donors (Lipinski definition) is 2. The summed E-state index contributed by atoms with van der Waals surface area (Å²) in [6, 6.07) is 0. The third-order valence-electron chi connectivity index (χ3n) is 14.6. The fourth-order valence-electron chi connectivity index (χ4n) is 12.2. The van der Waals surface area contributed by atoms with Crippen molar-refractivity contribution in [2.24, 2.45) is 34.5 Å². The van der Waals surface area contributed by atoms with E-state index in [4.69, 9.17) is 23.7 Å². The standard InChI is InChI=1S/C36H52O9/c1-21-6-4-5-11-36(21)44-28-17-30(42-22(2)31(28)45-36)43-24-7-13-33(20-37)26-8-12-32(3)25(23-16-29(38)41-19-23)10-15-35(32,40)27(26)9-14-34(33,39)18-24/h16,20-22,24-28,30-31,39-40H,4-15,17-19H2,1-3H3. The monoisotopic (exact) mass is 628 g/mol. The molecule has 14 unspecified atom stereocenters. The molecule has 8 aliphatic rings. The Hall–Kier alpha value is -1.36. The molecule has 9 nitrogen and oxygen atoms in total. The molecule has 5 aliphatic carbocycles. The lowest BCUT2D eigenvalue weighted by Crippen LogP contribution is -2.69. The molecule has 0 radical (unpaired) electrons. The highest BCUT2D eigenvalue weighted by Gasteiger charge is 2.71. The first-order valence-electron chi connectivity index (χ1n) is 17.9. The van der Waals surface area contributed by atoms with Crippen molar-refractivity contribution in [1.82, 2.24) is 0 Å². The van der Waals surface area contributed by atoms with Crippen molar-refractivity contribution in [3.05, 3.63) is 11.6 Å². The van der Waals surface area contributed by atoms with Gasteiger partial charge in [0, 0.05) is 36.7 Å². The highest BCUT2D eigenvalue weighted by molar-refractivity contribution is 5.85. The van der Waals surface area contributed by atoms with Gasteiger partial charge in [-0.15, -0.1) is 0 Å². The summed E-state index contributed by atoms with van der Waals surface area (Å²) in [6.45, 7) is 6.76. The number of carbonyl (C=O) groups excluding carboxylic acids is 2. The second-order valence-electron chi connectivity index (χ2n) is 16.4. The Morgan fingerprint density at radius 3 is 2.53 bits per heavy atom. The van der Waals surface area contributed by atoms with Gasteiger partial charge in [0.15, 0.2) is 12.1 Å². The topological polar surface area (TPSA) is 121 Å². The van der Waals surface area contributed by atoms with Gasteiger partial charge in [-0.25, -0.2) is 4.79 Å². The molecule has 45 heavy (non-hydrogen) atoms. The number of esters is 1. The second kappa shape index (κ2) is 10.6. The summed E-state index contributed by atoms with van der Waals surface area (Å²) in [5, 5.41) is 24.9. The van der Waals surface area contributed by atoms with E-state index in [2.05, 4.69) is 13.8 Å². The van der Waals surface area contributed by atoms with Crippen molar-refractivity contribution in [2.75, 3.05) is 6.61 Å². The molecule has 0 bridgehead atoms. The molecule has 8 rings (SSSR count). The Bertz CT molecular complexity index is 1250. The first-order valence-corrected chi connectivity index (χ1v) is 17.9. The van der Waals surface area contributed by atoms with Gasteiger partial charge in [0.1, 0.15) is 19.0 Å². The summed E-state index contributed by atoms with van der Waals surface area (Å²) in [5.41, 5.74) is -2.44. The smallest absolute Gasteiger partial charge is 0.331 e. The lowest BCUT2D eigenvalue weighted by molar-refractivity contribution is -0.278. The number of ether oxygens (including phenoxy) is 5. The molecule has 0 amide bonds. The molecule has 5 saturated carbocycles. The van der Waals surface area contributed by atoms with Gasteiger partial charge in [-0.1, -0.05) is 20.3 Å². The van der Waals surface area contributed by atoms with Gasteiger partial charge in [-0.3, -0.25) is 0 Å². The van der Waals surface area contributed by atoms with Gasteiger partial charge >= 0.3 is 5.97 Å². The van der Waals surface area contributed by atoms with E-state index in [0.29, 0.717) is 57.5 Å². The third-order valence-corrected chi connectivity index (χ3v) is 14.6. The zero-order valence-corrected chi connectivity index (χ0v) is 27.2. The molecule has 3 heterocycles. The molecule has 0 aromatic rings. The summed E-state index contributed by atoms with van der Waals surface area (Å²) >= 11 is 0. The van der Waals surface area contributed by atoms with Gasteiger partial charge in [-0.05, 0) is 94.5 Å². The Kier molecular flexibility index (Phi) is 7.27. The average molecular weight is 629 g/mol. The van der Waals surface area contributed by atoms with Crippen molar-refractivity contribution in [2.45, 2.75) is 158 Å². The van der Waals surface area contributed by atoms with Crippen LogP contribution in [0.3, 0.4) is 0 Å². The minimum Gasteiger partial charge on any atom is -0.458 e. The molecular weight excluding hydrogens is 576 g/mol. The molecule has 7 fully saturated rings. The van der Waals surface area contributed by atoms with E-state index in [9.17, 15) is 19.8 Å². The fourth-order valence-corrected chi connectivity index (χ4v) is 12.2. The maximum Gasteiger partial charge on any atom is 0.331 e. The van der Waals surface area contributed by atoms with Crippen LogP contribution in [0.2, 0.25) is 0 Å². The van der Waals surface area contributed by atoms with Crippen molar-refractivity contribution < 1.29 is 43.5 Å². The van der Waals surface area contributed by atoms with Gasteiger partial charge in [0.05, 0.1) is 34.9 Å². The molecule has 1 spiro atoms. The molecule has 0 aromatic carbocycles. The highest BCUT2D eigenvalue weighted by Crippen LogP contribution is 2.70. The first kappa shape index (κ1) is 30.9. The van der Waals surface area contributed by atoms with Crippen LogP contribution >= 0.6 is 0 Å². The van der Waals surface area contributed by atoms with Gasteiger partial charge in [-0.2, -0.15) is 0 Å². The van der Waals surface area contributed by atoms with Gasteiger partial charge in [0.2, 0.25) is 0 Å². The van der Waals surface area contributed by atoms with Crippen LogP contribution in [0.5, 0.6) is 0 Å². The van der Waals surface area contributed by atoms with Gasteiger partial charge in [0.25, 0.3) is 0 Å². The van der Waals surface area contributed by atoms with E-state index < -0.39 is 28.7 Å². The van der Waals surface area contributed by atoms with Crippen molar-refractivity contribution in [1.29, 1.82) is 0 Å². The van der Waals surface area contributed by atoms with E-state index in [-0.39, 0.29) is 53.6 Å². The maximum absolute atomic E-state index is 13.2. The molecule has 3 aliphatic heterocycles. The lowest BCUT2D eigenvalue weighted by atomic mass is 9.41. The fraction of sp³-hybridized carbons (Fsp3) is 0.889. The minimum absolute atomic E-state index is 0.0729. The van der Waals surface area contributed by atoms with Crippen LogP contribution in [0.25, 0.3) is 0 Å². The molecule has 0 aromatic heterocycles. The highest BCUT2D eigenvalue weighted by atomic mass is 16.8. The molecule has 2 saturated heterocycles. The number of rotatable bonds is 4. The molecular formula is C36H52O9. The molecule has 250 valence electrons. The Labute approximate surface area is 266 Å². The number of aliphatic hydroxyl groups is 2. The SMILES string of the molecule is CC1OC(OC2CCC3(C=O)C4CCC5(C)C(C6=CC(=O)OC6)CCC5(O)C4CCC3(O)C2)CC2OC3(CCCCC3C)OC12. The number of fused-ring (bicyclic) bond motifs is 6. The summed E-state index contributed by atoms with van der Waals surface area (Å²) in [7, 11) is 0. The third kappa shape index (κ3) is 4.32. The number of hydrogen-bond acceptors (Lipinski definition) is 9. The summed E-state index contributed by atoms with van der Waals surface area (Å²) in [6.07, 6.45) is 12.3. The van der Waals surface area contributed by atoms with E-state index in [1.54, 1.807) is 6.08 Å². The van der Waals surface area contributed by atoms with Crippen LogP contribution in [0.1, 0.15) is 111 Å². The normalized spacial score (nSPS) is 55.7. The zero-order valence-electron chi connectivity index (χ0n) is 27.2. The molecule has 9 heteroatoms. The quantitative estimate of drug-likeness (QED) is 0.258. The largest absolute Gasteiger partial charge is 0.458 e. The van der Waals surface area contributed by atoms with Crippen LogP contribution < -0.4 is 0 Å². The maximum atomic E-state index is 13.2. The average Bonchev–Trinajstić information content (AvgIpc) is 3.68. The van der Waals surface area contributed by atoms with E-state index in [1.807, 2.05) is 6.92 Å². The summed E-state index contributed by atoms with van der Waals surface area (Å²) in [4.78, 5) is 25.1. The molecule has 14 atom stereocenters. The van der Waals surface area contributed by atoms with Crippen LogP contribution in [-0.2, 0) is 33.3 Å². The van der Waals surface area contributed by atoms with E-state index in [0.717, 1.165) is 50.4 Å². The first-order chi connectivity index (χ1) is 21.5. The number of aldehydes is 1. The predicted octanol–water partition coefficient (Wildman–Crippen LogP) is 4.75. The van der Waals surface area contributed by atoms with Crippen molar-refractivity contribution in [3.63, 3.8) is 0 Å². The van der Waals surface area contributed by atoms with Crippen molar-refractivity contribution >= 4 is 12.3 Å². The molecule has 2 N–H and O–H groups in total. The number of carbonyl (C=O) groups is 2. The Morgan fingerprint density at radius 1 is 0.956 bits per heavy atom. The Balaban J connectivity index is 0.969. The van der Waals surface area contributed by atoms with Gasteiger partial charge < -0.3 is 38.7 Å². The summed E-state index contributed by atoms with van der Waals surface area (Å²) < 4.78 is 31.5. The van der Waals surface area contributed by atoms with Crippen LogP contribution in [0, 0.1) is 34.5 Å². The van der Waals surface area contributed by atoms with E-state index >= 15 is 0 Å². The van der Waals surface area contributed by atoms with E-state index in [1.165, 1.54) is 6.42 Å². The van der Waals surface area contributed by atoms with Crippen molar-refractivity contribution in [3.8, 4) is 0 Å². The second-order valence-corrected chi connectivity index (χ2v) is 16.4. The van der Waals surface area contributed by atoms with Crippen LogP contribution in [0.4, 0.5) is 0 Å². The Morgan fingerprint density at radius 2 is 1.78 bits per heavy atom. The predicted molar refractivity (Wildman–Crippen MR) is 162 cm³/mol. The van der Waals surface area contributed by atoms with Crippen LogP contribution in [0.15, 0.2) is 11.6 Å². The summed E-state index contributed by atoms with van der Waals surface area (Å²) in [5.74, 6) is -0.524. The van der Waals surface area contributed by atoms with Crippen LogP contribution in [-0.4, -0.2) is 76.8 Å². The number of cyclic esters (lactones) is 1.